The lowest BCUT2D eigenvalue weighted by Crippen LogP contribution is -2.42. The van der Waals surface area contributed by atoms with Crippen molar-refractivity contribution < 1.29 is 19.4 Å². The van der Waals surface area contributed by atoms with E-state index in [0.29, 0.717) is 18.9 Å². The summed E-state index contributed by atoms with van der Waals surface area (Å²) in [6.07, 6.45) is 1.25. The Bertz CT molecular complexity index is 632. The van der Waals surface area contributed by atoms with E-state index in [2.05, 4.69) is 19.2 Å². The van der Waals surface area contributed by atoms with Crippen LogP contribution in [0.2, 0.25) is 0 Å². The number of ether oxygens (including phenoxy) is 1. The highest BCUT2D eigenvalue weighted by molar-refractivity contribution is 5.79. The molecule has 138 valence electrons. The maximum atomic E-state index is 12.7. The van der Waals surface area contributed by atoms with Gasteiger partial charge in [0, 0.05) is 18.7 Å². The molecule has 0 radical (unpaired) electrons. The van der Waals surface area contributed by atoms with Crippen molar-refractivity contribution in [3.8, 4) is 5.75 Å². The number of aliphatic carboxylic acids is 1. The van der Waals surface area contributed by atoms with Gasteiger partial charge in [-0.3, -0.25) is 4.79 Å². The zero-order valence-electron chi connectivity index (χ0n) is 15.4. The van der Waals surface area contributed by atoms with Gasteiger partial charge in [-0.2, -0.15) is 0 Å². The number of carboxylic acids is 1. The molecule has 0 bridgehead atoms. The minimum absolute atomic E-state index is 0.180. The summed E-state index contributed by atoms with van der Waals surface area (Å²) in [6, 6.07) is 7.26. The minimum atomic E-state index is -0.866. The number of urea groups is 1. The van der Waals surface area contributed by atoms with Crippen LogP contribution in [0.1, 0.15) is 45.2 Å². The van der Waals surface area contributed by atoms with Crippen molar-refractivity contribution >= 4 is 12.0 Å². The summed E-state index contributed by atoms with van der Waals surface area (Å²) in [6.45, 7) is 6.58. The number of methoxy groups -OCH3 is 1. The molecule has 25 heavy (non-hydrogen) atoms. The van der Waals surface area contributed by atoms with Crippen molar-refractivity contribution in [3.63, 3.8) is 0 Å². The van der Waals surface area contributed by atoms with E-state index in [0.717, 1.165) is 17.7 Å². The van der Waals surface area contributed by atoms with Crippen molar-refractivity contribution in [2.24, 2.45) is 11.3 Å². The molecule has 2 amide bonds. The van der Waals surface area contributed by atoms with E-state index in [1.54, 1.807) is 18.9 Å². The van der Waals surface area contributed by atoms with Crippen molar-refractivity contribution in [2.45, 2.75) is 39.7 Å². The van der Waals surface area contributed by atoms with Gasteiger partial charge < -0.3 is 20.1 Å². The second kappa shape index (κ2) is 7.76. The first kappa shape index (κ1) is 19.1. The van der Waals surface area contributed by atoms with E-state index >= 15 is 0 Å². The summed E-state index contributed by atoms with van der Waals surface area (Å²) < 4.78 is 5.44. The summed E-state index contributed by atoms with van der Waals surface area (Å²) in [5.74, 6) is 0.273. The Morgan fingerprint density at radius 1 is 1.36 bits per heavy atom. The van der Waals surface area contributed by atoms with Gasteiger partial charge in [-0.1, -0.05) is 32.0 Å². The van der Waals surface area contributed by atoms with E-state index in [9.17, 15) is 14.7 Å². The number of hydrogen-bond donors (Lipinski definition) is 2. The predicted octanol–water partition coefficient (Wildman–Crippen LogP) is 3.29. The van der Waals surface area contributed by atoms with Crippen LogP contribution in [-0.4, -0.2) is 42.2 Å². The molecule has 1 heterocycles. The quantitative estimate of drug-likeness (QED) is 0.827. The predicted molar refractivity (Wildman–Crippen MR) is 95.7 cm³/mol. The van der Waals surface area contributed by atoms with Crippen LogP contribution >= 0.6 is 0 Å². The number of carboxylic acid groups (broad SMARTS) is 1. The van der Waals surface area contributed by atoms with Gasteiger partial charge in [-0.05, 0) is 31.7 Å². The molecule has 2 atom stereocenters. The number of hydrogen-bond acceptors (Lipinski definition) is 3. The summed E-state index contributed by atoms with van der Waals surface area (Å²) in [7, 11) is 1.62. The number of para-hydroxylation sites is 1. The molecule has 1 aromatic carbocycles. The first-order valence-electron chi connectivity index (χ1n) is 8.68. The first-order valence-corrected chi connectivity index (χ1v) is 8.68. The van der Waals surface area contributed by atoms with Crippen LogP contribution in [0, 0.1) is 11.3 Å². The van der Waals surface area contributed by atoms with E-state index < -0.39 is 11.4 Å². The van der Waals surface area contributed by atoms with Crippen molar-refractivity contribution in [1.82, 2.24) is 10.2 Å². The van der Waals surface area contributed by atoms with E-state index in [1.807, 2.05) is 24.3 Å². The third kappa shape index (κ3) is 4.44. The van der Waals surface area contributed by atoms with E-state index in [-0.39, 0.29) is 18.6 Å². The molecule has 2 N–H and O–H groups in total. The second-order valence-corrected chi connectivity index (χ2v) is 7.41. The topological polar surface area (TPSA) is 78.9 Å². The average molecular weight is 348 g/mol. The first-order chi connectivity index (χ1) is 11.8. The van der Waals surface area contributed by atoms with Crippen LogP contribution in [0.15, 0.2) is 24.3 Å². The lowest BCUT2D eigenvalue weighted by molar-refractivity contribution is -0.147. The van der Waals surface area contributed by atoms with Gasteiger partial charge >= 0.3 is 12.0 Å². The molecule has 6 nitrogen and oxygen atoms in total. The number of nitrogens with zero attached hydrogens (tertiary/aromatic N) is 1. The Hall–Kier alpha value is -2.24. The zero-order valence-corrected chi connectivity index (χ0v) is 15.4. The highest BCUT2D eigenvalue weighted by atomic mass is 16.5. The zero-order chi connectivity index (χ0) is 18.6. The molecule has 0 saturated carbocycles. The Morgan fingerprint density at radius 3 is 2.60 bits per heavy atom. The number of likely N-dealkylation sites (tertiary alicyclic amines) is 1. The van der Waals surface area contributed by atoms with Crippen LogP contribution in [0.5, 0.6) is 5.75 Å². The summed E-state index contributed by atoms with van der Waals surface area (Å²) in [5, 5.41) is 12.4. The van der Waals surface area contributed by atoms with Crippen molar-refractivity contribution in [3.05, 3.63) is 29.8 Å². The Labute approximate surface area is 149 Å². The second-order valence-electron chi connectivity index (χ2n) is 7.41. The average Bonchev–Trinajstić information content (AvgIpc) is 2.98. The molecule has 0 spiro atoms. The number of carbonyl (C=O) groups excluding carboxylic acids is 1. The fraction of sp³-hybridized carbons (Fsp3) is 0.579. The smallest absolute Gasteiger partial charge is 0.317 e. The van der Waals surface area contributed by atoms with Gasteiger partial charge in [0.2, 0.25) is 0 Å². The maximum absolute atomic E-state index is 12.7. The number of carbonyl (C=O) groups is 2. The lowest BCUT2D eigenvalue weighted by atomic mass is 9.90. The number of amides is 2. The molecule has 6 heteroatoms. The SMILES string of the molecule is COc1ccccc1C(CC(C)C)NC(=O)N1CCC(C)(C(=O)O)C1. The van der Waals surface area contributed by atoms with Crippen LogP contribution in [0.3, 0.4) is 0 Å². The number of rotatable bonds is 6. The Morgan fingerprint density at radius 2 is 2.04 bits per heavy atom. The molecule has 1 aliphatic heterocycles. The molecule has 1 aliphatic rings. The van der Waals surface area contributed by atoms with Crippen LogP contribution in [0.4, 0.5) is 4.79 Å². The fourth-order valence-electron chi connectivity index (χ4n) is 3.24. The third-order valence-corrected chi connectivity index (χ3v) is 4.80. The van der Waals surface area contributed by atoms with Gasteiger partial charge in [0.05, 0.1) is 18.6 Å². The summed E-state index contributed by atoms with van der Waals surface area (Å²) in [4.78, 5) is 25.7. The summed E-state index contributed by atoms with van der Waals surface area (Å²) in [5.41, 5.74) is 0.0715. The highest BCUT2D eigenvalue weighted by Gasteiger charge is 2.42. The monoisotopic (exact) mass is 348 g/mol. The fourth-order valence-corrected chi connectivity index (χ4v) is 3.24. The normalized spacial score (nSPS) is 21.2. The molecule has 0 aliphatic carbocycles. The molecule has 2 unspecified atom stereocenters. The summed E-state index contributed by atoms with van der Waals surface area (Å²) >= 11 is 0. The van der Waals surface area contributed by atoms with Crippen LogP contribution in [-0.2, 0) is 4.79 Å². The molecule has 2 rings (SSSR count). The van der Waals surface area contributed by atoms with Gasteiger partial charge in [0.25, 0.3) is 0 Å². The van der Waals surface area contributed by atoms with Gasteiger partial charge in [0.1, 0.15) is 5.75 Å². The van der Waals surface area contributed by atoms with Crippen LogP contribution < -0.4 is 10.1 Å². The minimum Gasteiger partial charge on any atom is -0.496 e. The number of nitrogens with one attached hydrogen (secondary N) is 1. The molecule has 0 aromatic heterocycles. The Balaban J connectivity index is 2.15. The van der Waals surface area contributed by atoms with Crippen molar-refractivity contribution in [2.75, 3.05) is 20.2 Å². The molecule has 1 aromatic rings. The third-order valence-electron chi connectivity index (χ3n) is 4.80. The highest BCUT2D eigenvalue weighted by Crippen LogP contribution is 2.32. The van der Waals surface area contributed by atoms with Gasteiger partial charge in [0.15, 0.2) is 0 Å². The maximum Gasteiger partial charge on any atom is 0.317 e. The van der Waals surface area contributed by atoms with Gasteiger partial charge in [-0.25, -0.2) is 4.79 Å². The molecular weight excluding hydrogens is 320 g/mol. The number of benzene rings is 1. The standard InChI is InChI=1S/C19H28N2O4/c1-13(2)11-15(14-7-5-6-8-16(14)25-4)20-18(24)21-10-9-19(3,12-21)17(22)23/h5-8,13,15H,9-12H2,1-4H3,(H,20,24)(H,22,23). The van der Waals surface area contributed by atoms with E-state index in [1.165, 1.54) is 0 Å². The largest absolute Gasteiger partial charge is 0.496 e. The van der Waals surface area contributed by atoms with Gasteiger partial charge in [-0.15, -0.1) is 0 Å². The lowest BCUT2D eigenvalue weighted by Gasteiger charge is -2.27. The van der Waals surface area contributed by atoms with Crippen LogP contribution in [0.25, 0.3) is 0 Å². The molecule has 1 saturated heterocycles. The van der Waals surface area contributed by atoms with Crippen molar-refractivity contribution in [1.29, 1.82) is 0 Å². The van der Waals surface area contributed by atoms with E-state index in [4.69, 9.17) is 4.74 Å². The molecular formula is C19H28N2O4. The molecule has 1 fully saturated rings. The Kier molecular flexibility index (Phi) is 5.93.